The first kappa shape index (κ1) is 28.0. The fourth-order valence-electron chi connectivity index (χ4n) is 3.65. The van der Waals surface area contributed by atoms with Crippen molar-refractivity contribution in [2.75, 3.05) is 11.9 Å². The fourth-order valence-corrected chi connectivity index (χ4v) is 3.81. The van der Waals surface area contributed by atoms with Gasteiger partial charge in [0.1, 0.15) is 11.8 Å². The van der Waals surface area contributed by atoms with Crippen molar-refractivity contribution in [3.8, 4) is 0 Å². The number of amides is 4. The number of anilines is 1. The quantitative estimate of drug-likeness (QED) is 0.498. The van der Waals surface area contributed by atoms with E-state index in [2.05, 4.69) is 5.32 Å². The van der Waals surface area contributed by atoms with E-state index in [0.29, 0.717) is 10.7 Å². The number of benzene rings is 2. The number of urea groups is 1. The molecule has 2 aromatic carbocycles. The van der Waals surface area contributed by atoms with Crippen molar-refractivity contribution in [1.82, 2.24) is 9.80 Å². The molecule has 1 aliphatic heterocycles. The predicted octanol–water partition coefficient (Wildman–Crippen LogP) is 4.79. The molecule has 0 saturated carbocycles. The van der Waals surface area contributed by atoms with E-state index in [4.69, 9.17) is 16.3 Å². The van der Waals surface area contributed by atoms with E-state index in [1.54, 1.807) is 25.1 Å². The Labute approximate surface area is 211 Å². The SMILES string of the molecule is CC.CCOC1C(=O)N(C(CC(C)=O)C(=O)Nc2cc(C)ccc2Cl)C(=O)N1Cc1ccccc1. The Kier molecular flexibility index (Phi) is 10.4. The van der Waals surface area contributed by atoms with Gasteiger partial charge in [-0.25, -0.2) is 9.69 Å². The Morgan fingerprint density at radius 3 is 2.37 bits per heavy atom. The van der Waals surface area contributed by atoms with Gasteiger partial charge in [0, 0.05) is 13.0 Å². The summed E-state index contributed by atoms with van der Waals surface area (Å²) in [5, 5.41) is 2.96. The number of rotatable bonds is 9. The molecule has 9 heteroatoms. The van der Waals surface area contributed by atoms with Gasteiger partial charge in [0.05, 0.1) is 17.3 Å². The number of ketones is 1. The molecule has 4 amide bonds. The van der Waals surface area contributed by atoms with Gasteiger partial charge in [0.25, 0.3) is 5.91 Å². The molecule has 1 fully saturated rings. The minimum atomic E-state index is -1.34. The number of nitrogens with zero attached hydrogens (tertiary/aromatic N) is 2. The van der Waals surface area contributed by atoms with Crippen molar-refractivity contribution in [3.63, 3.8) is 0 Å². The summed E-state index contributed by atoms with van der Waals surface area (Å²) in [5.74, 6) is -1.72. The van der Waals surface area contributed by atoms with Crippen molar-refractivity contribution in [2.45, 2.75) is 59.9 Å². The van der Waals surface area contributed by atoms with Crippen molar-refractivity contribution in [3.05, 3.63) is 64.7 Å². The molecule has 35 heavy (non-hydrogen) atoms. The van der Waals surface area contributed by atoms with Crippen LogP contribution in [0.3, 0.4) is 0 Å². The second kappa shape index (κ2) is 13.0. The number of hydrogen-bond donors (Lipinski definition) is 1. The van der Waals surface area contributed by atoms with E-state index < -0.39 is 30.1 Å². The number of carbonyl (C=O) groups excluding carboxylic acids is 4. The summed E-state index contributed by atoms with van der Waals surface area (Å²) in [4.78, 5) is 53.8. The molecule has 0 bridgehead atoms. The third-order valence-electron chi connectivity index (χ3n) is 5.18. The minimum Gasteiger partial charge on any atom is -0.350 e. The summed E-state index contributed by atoms with van der Waals surface area (Å²) in [5.41, 5.74) is 1.98. The third kappa shape index (κ3) is 6.90. The predicted molar refractivity (Wildman–Crippen MR) is 135 cm³/mol. The lowest BCUT2D eigenvalue weighted by atomic mass is 10.1. The second-order valence-electron chi connectivity index (χ2n) is 7.81. The number of aryl methyl sites for hydroxylation is 1. The van der Waals surface area contributed by atoms with Gasteiger partial charge in [-0.3, -0.25) is 19.3 Å². The molecule has 0 radical (unpaired) electrons. The number of nitrogens with one attached hydrogen (secondary N) is 1. The molecular formula is C26H32ClN3O5. The van der Waals surface area contributed by atoms with Crippen LogP contribution in [0.25, 0.3) is 0 Å². The summed E-state index contributed by atoms with van der Waals surface area (Å²) >= 11 is 6.19. The highest BCUT2D eigenvalue weighted by molar-refractivity contribution is 6.33. The van der Waals surface area contributed by atoms with Gasteiger partial charge in [0.2, 0.25) is 12.1 Å². The maximum atomic E-state index is 13.3. The Balaban J connectivity index is 0.00000210. The van der Waals surface area contributed by atoms with E-state index in [-0.39, 0.29) is 25.4 Å². The first-order valence-corrected chi connectivity index (χ1v) is 12.0. The Morgan fingerprint density at radius 2 is 1.77 bits per heavy atom. The van der Waals surface area contributed by atoms with Gasteiger partial charge < -0.3 is 10.1 Å². The number of imide groups is 1. The first-order valence-electron chi connectivity index (χ1n) is 11.6. The lowest BCUT2D eigenvalue weighted by Gasteiger charge is -2.25. The van der Waals surface area contributed by atoms with E-state index in [1.807, 2.05) is 51.1 Å². The van der Waals surface area contributed by atoms with Crippen LogP contribution in [0.2, 0.25) is 5.02 Å². The van der Waals surface area contributed by atoms with Crippen molar-refractivity contribution in [2.24, 2.45) is 0 Å². The van der Waals surface area contributed by atoms with Crippen LogP contribution in [-0.2, 0) is 25.7 Å². The summed E-state index contributed by atoms with van der Waals surface area (Å²) in [7, 11) is 0. The average Bonchev–Trinajstić information content (AvgIpc) is 3.06. The van der Waals surface area contributed by atoms with Gasteiger partial charge in [0.15, 0.2) is 0 Å². The molecule has 3 rings (SSSR count). The van der Waals surface area contributed by atoms with Crippen LogP contribution in [0.4, 0.5) is 10.5 Å². The van der Waals surface area contributed by atoms with Crippen LogP contribution in [-0.4, -0.2) is 52.3 Å². The molecule has 2 unspecified atom stereocenters. The molecule has 1 saturated heterocycles. The number of Topliss-reactive ketones (excluding diaryl/α,β-unsaturated/α-hetero) is 1. The molecule has 188 valence electrons. The van der Waals surface area contributed by atoms with Crippen LogP contribution in [0.15, 0.2) is 48.5 Å². The van der Waals surface area contributed by atoms with Crippen LogP contribution in [0.1, 0.15) is 45.2 Å². The largest absolute Gasteiger partial charge is 0.350 e. The van der Waals surface area contributed by atoms with Crippen molar-refractivity contribution >= 4 is 40.9 Å². The first-order chi connectivity index (χ1) is 16.7. The number of halogens is 1. The topological polar surface area (TPSA) is 96.0 Å². The lowest BCUT2D eigenvalue weighted by Crippen LogP contribution is -2.49. The monoisotopic (exact) mass is 501 g/mol. The molecule has 2 aromatic rings. The van der Waals surface area contributed by atoms with Crippen molar-refractivity contribution < 1.29 is 23.9 Å². The average molecular weight is 502 g/mol. The molecule has 0 spiro atoms. The maximum absolute atomic E-state index is 13.3. The standard InChI is InChI=1S/C24H26ClN3O5.C2H6/c1-4-33-23-22(31)28(24(32)27(23)14-17-8-6-5-7-9-17)20(13-16(3)29)21(30)26-19-12-15(2)10-11-18(19)25;1-2/h5-12,20,23H,4,13-14H2,1-3H3,(H,26,30);1-2H3. The van der Waals surface area contributed by atoms with Gasteiger partial charge in [-0.2, -0.15) is 0 Å². The molecule has 2 atom stereocenters. The Hall–Kier alpha value is -3.23. The van der Waals surface area contributed by atoms with Crippen LogP contribution in [0.5, 0.6) is 0 Å². The van der Waals surface area contributed by atoms with Gasteiger partial charge in [-0.1, -0.05) is 61.8 Å². The molecule has 1 N–H and O–H groups in total. The number of carbonyl (C=O) groups is 4. The molecule has 0 aromatic heterocycles. The van der Waals surface area contributed by atoms with Crippen LogP contribution in [0, 0.1) is 6.92 Å². The van der Waals surface area contributed by atoms with Gasteiger partial charge in [-0.15, -0.1) is 0 Å². The van der Waals surface area contributed by atoms with Gasteiger partial charge in [-0.05, 0) is 44.0 Å². The summed E-state index contributed by atoms with van der Waals surface area (Å²) < 4.78 is 5.56. The molecule has 1 aliphatic rings. The highest BCUT2D eigenvalue weighted by atomic mass is 35.5. The molecule has 0 aliphatic carbocycles. The molecule has 1 heterocycles. The fraction of sp³-hybridized carbons (Fsp3) is 0.385. The highest BCUT2D eigenvalue weighted by Gasteiger charge is 2.50. The van der Waals surface area contributed by atoms with Crippen LogP contribution < -0.4 is 5.32 Å². The van der Waals surface area contributed by atoms with Crippen LogP contribution >= 0.6 is 11.6 Å². The number of ether oxygens (including phenoxy) is 1. The summed E-state index contributed by atoms with van der Waals surface area (Å²) in [6.45, 7) is 9.14. The zero-order valence-electron chi connectivity index (χ0n) is 20.7. The normalized spacial score (nSPS) is 16.0. The smallest absolute Gasteiger partial charge is 0.330 e. The number of hydrogen-bond acceptors (Lipinski definition) is 5. The second-order valence-corrected chi connectivity index (χ2v) is 8.21. The third-order valence-corrected chi connectivity index (χ3v) is 5.51. The van der Waals surface area contributed by atoms with E-state index >= 15 is 0 Å². The zero-order valence-corrected chi connectivity index (χ0v) is 21.5. The van der Waals surface area contributed by atoms with E-state index in [1.165, 1.54) is 11.8 Å². The minimum absolute atomic E-state index is 0.116. The summed E-state index contributed by atoms with van der Waals surface area (Å²) in [6.07, 6.45) is -1.52. The van der Waals surface area contributed by atoms with E-state index in [9.17, 15) is 19.2 Å². The molecular weight excluding hydrogens is 470 g/mol. The lowest BCUT2D eigenvalue weighted by molar-refractivity contribution is -0.145. The Bertz CT molecular complexity index is 1060. The zero-order chi connectivity index (χ0) is 26.1. The van der Waals surface area contributed by atoms with E-state index in [0.717, 1.165) is 16.0 Å². The maximum Gasteiger partial charge on any atom is 0.330 e. The Morgan fingerprint density at radius 1 is 1.11 bits per heavy atom. The van der Waals surface area contributed by atoms with Crippen molar-refractivity contribution in [1.29, 1.82) is 0 Å². The molecule has 8 nitrogen and oxygen atoms in total. The van der Waals surface area contributed by atoms with Gasteiger partial charge >= 0.3 is 6.03 Å². The summed E-state index contributed by atoms with van der Waals surface area (Å²) in [6, 6.07) is 12.2. The highest BCUT2D eigenvalue weighted by Crippen LogP contribution is 2.27.